The van der Waals surface area contributed by atoms with E-state index in [1.165, 1.54) is 0 Å². The second-order valence-corrected chi connectivity index (χ2v) is 5.83. The van der Waals surface area contributed by atoms with Crippen molar-refractivity contribution >= 4 is 36.0 Å². The molecule has 0 aromatic carbocycles. The van der Waals surface area contributed by atoms with Crippen molar-refractivity contribution in [1.29, 1.82) is 0 Å². The van der Waals surface area contributed by atoms with Gasteiger partial charge in [-0.15, -0.1) is 24.2 Å². The molecule has 2 saturated heterocycles. The minimum atomic E-state index is -0.256. The van der Waals surface area contributed by atoms with Crippen molar-refractivity contribution in [3.63, 3.8) is 0 Å². The van der Waals surface area contributed by atoms with Crippen LogP contribution in [-0.2, 0) is 9.59 Å². The van der Waals surface area contributed by atoms with Gasteiger partial charge in [0.15, 0.2) is 0 Å². The predicted molar refractivity (Wildman–Crippen MR) is 79.5 cm³/mol. The minimum absolute atomic E-state index is 0. The highest BCUT2D eigenvalue weighted by molar-refractivity contribution is 7.99. The summed E-state index contributed by atoms with van der Waals surface area (Å²) in [7, 11) is 1.86. The molecular formula is C12H22ClN3O2S. The zero-order chi connectivity index (χ0) is 13.1. The molecule has 7 heteroatoms. The molecule has 110 valence electrons. The Balaban J connectivity index is 0.00000180. The van der Waals surface area contributed by atoms with Crippen molar-refractivity contribution < 1.29 is 9.59 Å². The van der Waals surface area contributed by atoms with Crippen molar-refractivity contribution in [2.75, 3.05) is 31.8 Å². The highest BCUT2D eigenvalue weighted by Crippen LogP contribution is 2.24. The molecule has 0 aromatic heterocycles. The third-order valence-electron chi connectivity index (χ3n) is 3.72. The maximum atomic E-state index is 12.5. The fraction of sp³-hybridized carbons (Fsp3) is 0.833. The van der Waals surface area contributed by atoms with Crippen LogP contribution in [0.1, 0.15) is 19.8 Å². The Labute approximate surface area is 124 Å². The molecule has 0 radical (unpaired) electrons. The average molecular weight is 308 g/mol. The molecule has 5 nitrogen and oxygen atoms in total. The first-order valence-corrected chi connectivity index (χ1v) is 7.65. The lowest BCUT2D eigenvalue weighted by Crippen LogP contribution is -2.51. The van der Waals surface area contributed by atoms with Crippen LogP contribution in [0.5, 0.6) is 0 Å². The minimum Gasteiger partial charge on any atom is -0.340 e. The molecule has 19 heavy (non-hydrogen) atoms. The van der Waals surface area contributed by atoms with Gasteiger partial charge in [-0.1, -0.05) is 6.92 Å². The zero-order valence-corrected chi connectivity index (χ0v) is 13.1. The normalized spacial score (nSPS) is 26.1. The summed E-state index contributed by atoms with van der Waals surface area (Å²) in [5, 5.41) is 3.26. The maximum absolute atomic E-state index is 12.5. The molecule has 1 N–H and O–H groups in total. The number of hydrogen-bond acceptors (Lipinski definition) is 4. The fourth-order valence-corrected chi connectivity index (χ4v) is 3.65. The number of carbonyl (C=O) groups is 2. The van der Waals surface area contributed by atoms with Gasteiger partial charge in [-0.05, 0) is 13.0 Å². The molecule has 2 aliphatic heterocycles. The summed E-state index contributed by atoms with van der Waals surface area (Å²) in [5.74, 6) is 1.56. The van der Waals surface area contributed by atoms with Gasteiger partial charge >= 0.3 is 0 Å². The number of hydrogen-bond donors (Lipinski definition) is 1. The lowest BCUT2D eigenvalue weighted by Gasteiger charge is -2.30. The zero-order valence-electron chi connectivity index (χ0n) is 11.4. The van der Waals surface area contributed by atoms with Gasteiger partial charge in [0, 0.05) is 31.8 Å². The highest BCUT2D eigenvalue weighted by atomic mass is 35.5. The average Bonchev–Trinajstić information content (AvgIpc) is 3.06. The Morgan fingerprint density at radius 2 is 2.21 bits per heavy atom. The Morgan fingerprint density at radius 1 is 1.47 bits per heavy atom. The molecule has 0 aliphatic carbocycles. The Bertz CT molecular complexity index is 337. The number of nitrogens with zero attached hydrogens (tertiary/aromatic N) is 2. The summed E-state index contributed by atoms with van der Waals surface area (Å²) in [4.78, 5) is 27.8. The molecule has 2 unspecified atom stereocenters. The second-order valence-electron chi connectivity index (χ2n) is 4.83. The summed E-state index contributed by atoms with van der Waals surface area (Å²) in [6.45, 7) is 3.68. The van der Waals surface area contributed by atoms with E-state index in [1.54, 1.807) is 16.7 Å². The van der Waals surface area contributed by atoms with E-state index in [9.17, 15) is 9.59 Å². The van der Waals surface area contributed by atoms with Crippen LogP contribution >= 0.6 is 24.2 Å². The van der Waals surface area contributed by atoms with E-state index in [2.05, 4.69) is 5.32 Å². The number of rotatable bonds is 3. The smallest absolute Gasteiger partial charge is 0.246 e. The third kappa shape index (κ3) is 3.55. The van der Waals surface area contributed by atoms with Gasteiger partial charge in [0.2, 0.25) is 11.8 Å². The summed E-state index contributed by atoms with van der Waals surface area (Å²) in [5.41, 5.74) is 0. The Hall–Kier alpha value is -0.460. The van der Waals surface area contributed by atoms with E-state index in [1.807, 2.05) is 18.9 Å². The van der Waals surface area contributed by atoms with Gasteiger partial charge in [0.25, 0.3) is 0 Å². The lowest BCUT2D eigenvalue weighted by atomic mass is 10.2. The summed E-state index contributed by atoms with van der Waals surface area (Å²) < 4.78 is 0. The van der Waals surface area contributed by atoms with Crippen LogP contribution < -0.4 is 5.32 Å². The predicted octanol–water partition coefficient (Wildman–Crippen LogP) is 0.540. The first-order chi connectivity index (χ1) is 8.65. The first-order valence-electron chi connectivity index (χ1n) is 6.49. The molecule has 2 rings (SSSR count). The first kappa shape index (κ1) is 16.6. The molecule has 0 spiro atoms. The van der Waals surface area contributed by atoms with Crippen molar-refractivity contribution in [2.24, 2.45) is 0 Å². The van der Waals surface area contributed by atoms with Crippen LogP contribution in [0.3, 0.4) is 0 Å². The SMILES string of the molecule is CCC(=O)N1CSCC1C(=O)N(C)C1CCNC1.Cl. The molecular weight excluding hydrogens is 286 g/mol. The maximum Gasteiger partial charge on any atom is 0.246 e. The standard InChI is InChI=1S/C12H21N3O2S.ClH/c1-3-11(16)15-8-18-7-10(15)12(17)14(2)9-4-5-13-6-9;/h9-10,13H,3-8H2,1-2H3;1H. The van der Waals surface area contributed by atoms with E-state index in [-0.39, 0.29) is 36.3 Å². The van der Waals surface area contributed by atoms with Gasteiger partial charge in [0.05, 0.1) is 5.88 Å². The van der Waals surface area contributed by atoms with Crippen LogP contribution in [-0.4, -0.2) is 65.5 Å². The van der Waals surface area contributed by atoms with E-state index >= 15 is 0 Å². The molecule has 2 aliphatic rings. The Morgan fingerprint density at radius 3 is 2.79 bits per heavy atom. The fourth-order valence-electron chi connectivity index (χ4n) is 2.48. The number of halogens is 1. The molecule has 0 saturated carbocycles. The highest BCUT2D eigenvalue weighted by Gasteiger charge is 2.37. The largest absolute Gasteiger partial charge is 0.340 e. The van der Waals surface area contributed by atoms with E-state index < -0.39 is 0 Å². The molecule has 0 bridgehead atoms. The van der Waals surface area contributed by atoms with Gasteiger partial charge in [-0.25, -0.2) is 0 Å². The van der Waals surface area contributed by atoms with E-state index in [0.717, 1.165) is 25.3 Å². The molecule has 2 atom stereocenters. The van der Waals surface area contributed by atoms with Crippen LogP contribution in [0.25, 0.3) is 0 Å². The van der Waals surface area contributed by atoms with Crippen molar-refractivity contribution in [3.05, 3.63) is 0 Å². The van der Waals surface area contributed by atoms with Crippen molar-refractivity contribution in [2.45, 2.75) is 31.8 Å². The molecule has 2 fully saturated rings. The molecule has 0 aromatic rings. The third-order valence-corrected chi connectivity index (χ3v) is 4.73. The van der Waals surface area contributed by atoms with Crippen LogP contribution in [0, 0.1) is 0 Å². The molecule has 2 amide bonds. The lowest BCUT2D eigenvalue weighted by molar-refractivity contribution is -0.143. The second kappa shape index (κ2) is 7.36. The van der Waals surface area contributed by atoms with Crippen molar-refractivity contribution in [1.82, 2.24) is 15.1 Å². The van der Waals surface area contributed by atoms with Crippen LogP contribution in [0.2, 0.25) is 0 Å². The van der Waals surface area contributed by atoms with Gasteiger partial charge in [0.1, 0.15) is 6.04 Å². The number of amides is 2. The Kier molecular flexibility index (Phi) is 6.42. The number of carbonyl (C=O) groups excluding carboxylic acids is 2. The van der Waals surface area contributed by atoms with Crippen molar-refractivity contribution in [3.8, 4) is 0 Å². The summed E-state index contributed by atoms with van der Waals surface area (Å²) >= 11 is 1.66. The van der Waals surface area contributed by atoms with Gasteiger partial charge in [-0.2, -0.15) is 0 Å². The number of nitrogens with one attached hydrogen (secondary N) is 1. The quantitative estimate of drug-likeness (QED) is 0.827. The molecule has 2 heterocycles. The van der Waals surface area contributed by atoms with Gasteiger partial charge < -0.3 is 15.1 Å². The van der Waals surface area contributed by atoms with Gasteiger partial charge in [-0.3, -0.25) is 9.59 Å². The summed E-state index contributed by atoms with van der Waals surface area (Å²) in [6.07, 6.45) is 1.48. The van der Waals surface area contributed by atoms with E-state index in [4.69, 9.17) is 0 Å². The monoisotopic (exact) mass is 307 g/mol. The van der Waals surface area contributed by atoms with Crippen LogP contribution in [0.4, 0.5) is 0 Å². The topological polar surface area (TPSA) is 52.7 Å². The summed E-state index contributed by atoms with van der Waals surface area (Å²) in [6, 6.07) is 0.0229. The van der Waals surface area contributed by atoms with E-state index in [0.29, 0.717) is 12.3 Å². The number of likely N-dealkylation sites (N-methyl/N-ethyl adjacent to an activating group) is 1. The number of thioether (sulfide) groups is 1. The van der Waals surface area contributed by atoms with Crippen LogP contribution in [0.15, 0.2) is 0 Å².